The van der Waals surface area contributed by atoms with E-state index in [-0.39, 0.29) is 16.1 Å². The van der Waals surface area contributed by atoms with Crippen LogP contribution >= 0.6 is 11.6 Å². The monoisotopic (exact) mass is 303 g/mol. The molecule has 0 radical (unpaired) electrons. The van der Waals surface area contributed by atoms with Crippen LogP contribution < -0.4 is 5.73 Å². The Morgan fingerprint density at radius 1 is 1.00 bits per heavy atom. The van der Waals surface area contributed by atoms with E-state index in [9.17, 15) is 17.6 Å². The maximum Gasteiger partial charge on any atom is 0.416 e. The van der Waals surface area contributed by atoms with Crippen LogP contribution in [0, 0.1) is 5.82 Å². The molecule has 0 bridgehead atoms. The molecular weight excluding hydrogens is 294 g/mol. The Labute approximate surface area is 118 Å². The Bertz CT molecular complexity index is 625. The molecule has 2 N–H and O–H groups in total. The molecule has 2 aromatic carbocycles. The first-order chi connectivity index (χ1) is 9.30. The fourth-order valence-corrected chi connectivity index (χ4v) is 2.11. The highest BCUT2D eigenvalue weighted by Gasteiger charge is 2.34. The molecule has 0 saturated heterocycles. The van der Waals surface area contributed by atoms with Crippen LogP contribution in [0.15, 0.2) is 42.5 Å². The van der Waals surface area contributed by atoms with Crippen LogP contribution in [0.25, 0.3) is 0 Å². The average molecular weight is 304 g/mol. The number of alkyl halides is 3. The fraction of sp³-hybridized carbons (Fsp3) is 0.143. The van der Waals surface area contributed by atoms with Crippen LogP contribution in [0.1, 0.15) is 22.7 Å². The minimum Gasteiger partial charge on any atom is -0.320 e. The summed E-state index contributed by atoms with van der Waals surface area (Å²) in [5.41, 5.74) is 4.69. The van der Waals surface area contributed by atoms with E-state index in [2.05, 4.69) is 0 Å². The normalized spacial score (nSPS) is 13.3. The SMILES string of the molecule is NC(c1ccc(Cl)cc1F)c1ccccc1C(F)(F)F. The molecule has 2 aromatic rings. The summed E-state index contributed by atoms with van der Waals surface area (Å²) in [5, 5.41) is 0.155. The molecule has 0 aliphatic rings. The molecule has 1 unspecified atom stereocenters. The molecule has 1 atom stereocenters. The van der Waals surface area contributed by atoms with E-state index < -0.39 is 23.6 Å². The largest absolute Gasteiger partial charge is 0.416 e. The van der Waals surface area contributed by atoms with E-state index in [0.29, 0.717) is 0 Å². The molecular formula is C14H10ClF4N. The number of rotatable bonds is 2. The Kier molecular flexibility index (Phi) is 4.01. The van der Waals surface area contributed by atoms with Gasteiger partial charge in [-0.25, -0.2) is 4.39 Å². The van der Waals surface area contributed by atoms with Gasteiger partial charge in [-0.15, -0.1) is 0 Å². The van der Waals surface area contributed by atoms with Crippen LogP contribution in [-0.2, 0) is 6.18 Å². The lowest BCUT2D eigenvalue weighted by atomic mass is 9.94. The summed E-state index contributed by atoms with van der Waals surface area (Å²) >= 11 is 5.61. The standard InChI is InChI=1S/C14H10ClF4N/c15-8-5-6-10(12(16)7-8)13(20)9-3-1-2-4-11(9)14(17,18)19/h1-7,13H,20H2. The van der Waals surface area contributed by atoms with Crippen LogP contribution in [0.3, 0.4) is 0 Å². The van der Waals surface area contributed by atoms with Gasteiger partial charge >= 0.3 is 6.18 Å². The highest BCUT2D eigenvalue weighted by Crippen LogP contribution is 2.36. The van der Waals surface area contributed by atoms with Crippen molar-refractivity contribution in [2.45, 2.75) is 12.2 Å². The van der Waals surface area contributed by atoms with Crippen molar-refractivity contribution < 1.29 is 17.6 Å². The molecule has 0 aliphatic carbocycles. The number of hydrogen-bond donors (Lipinski definition) is 1. The van der Waals surface area contributed by atoms with Gasteiger partial charge in [0.2, 0.25) is 0 Å². The van der Waals surface area contributed by atoms with E-state index in [1.807, 2.05) is 0 Å². The van der Waals surface area contributed by atoms with Crippen molar-refractivity contribution in [2.75, 3.05) is 0 Å². The zero-order chi connectivity index (χ0) is 14.9. The first-order valence-electron chi connectivity index (χ1n) is 5.67. The molecule has 1 nitrogen and oxygen atoms in total. The number of hydrogen-bond acceptors (Lipinski definition) is 1. The minimum atomic E-state index is -4.54. The topological polar surface area (TPSA) is 26.0 Å². The Hall–Kier alpha value is -1.59. The van der Waals surface area contributed by atoms with Crippen LogP contribution in [0.2, 0.25) is 5.02 Å². The summed E-state index contributed by atoms with van der Waals surface area (Å²) in [7, 11) is 0. The molecule has 0 amide bonds. The zero-order valence-corrected chi connectivity index (χ0v) is 10.8. The molecule has 0 heterocycles. The summed E-state index contributed by atoms with van der Waals surface area (Å²) in [6.07, 6.45) is -4.54. The highest BCUT2D eigenvalue weighted by molar-refractivity contribution is 6.30. The quantitative estimate of drug-likeness (QED) is 0.810. The molecule has 0 fully saturated rings. The number of halogens is 5. The van der Waals surface area contributed by atoms with E-state index in [1.54, 1.807) is 0 Å². The molecule has 20 heavy (non-hydrogen) atoms. The van der Waals surface area contributed by atoms with Gasteiger partial charge in [0.25, 0.3) is 0 Å². The van der Waals surface area contributed by atoms with Gasteiger partial charge in [-0.2, -0.15) is 13.2 Å². The van der Waals surface area contributed by atoms with Crippen molar-refractivity contribution in [3.05, 3.63) is 70.0 Å². The minimum absolute atomic E-state index is 0.0360. The van der Waals surface area contributed by atoms with Gasteiger partial charge in [0.1, 0.15) is 5.82 Å². The summed E-state index contributed by atoms with van der Waals surface area (Å²) in [6.45, 7) is 0. The maximum atomic E-state index is 13.8. The van der Waals surface area contributed by atoms with Crippen LogP contribution in [0.4, 0.5) is 17.6 Å². The highest BCUT2D eigenvalue weighted by atomic mass is 35.5. The van der Waals surface area contributed by atoms with Crippen molar-refractivity contribution in [2.24, 2.45) is 5.73 Å². The van der Waals surface area contributed by atoms with Crippen molar-refractivity contribution in [3.63, 3.8) is 0 Å². The third-order valence-electron chi connectivity index (χ3n) is 2.90. The van der Waals surface area contributed by atoms with Crippen molar-refractivity contribution in [1.82, 2.24) is 0 Å². The van der Waals surface area contributed by atoms with Gasteiger partial charge in [0, 0.05) is 10.6 Å². The van der Waals surface area contributed by atoms with Crippen molar-refractivity contribution >= 4 is 11.6 Å². The van der Waals surface area contributed by atoms with Crippen molar-refractivity contribution in [1.29, 1.82) is 0 Å². The van der Waals surface area contributed by atoms with Gasteiger partial charge in [0.05, 0.1) is 11.6 Å². The van der Waals surface area contributed by atoms with Crippen molar-refractivity contribution in [3.8, 4) is 0 Å². The molecule has 0 aliphatic heterocycles. The smallest absolute Gasteiger partial charge is 0.320 e. The Morgan fingerprint density at radius 3 is 2.25 bits per heavy atom. The lowest BCUT2D eigenvalue weighted by Crippen LogP contribution is -2.19. The third-order valence-corrected chi connectivity index (χ3v) is 3.13. The molecule has 106 valence electrons. The predicted octanol–water partition coefficient (Wildman–Crippen LogP) is 4.55. The van der Waals surface area contributed by atoms with Gasteiger partial charge in [-0.05, 0) is 23.8 Å². The third kappa shape index (κ3) is 2.94. The van der Waals surface area contributed by atoms with E-state index in [4.69, 9.17) is 17.3 Å². The first kappa shape index (κ1) is 14.8. The fourth-order valence-electron chi connectivity index (χ4n) is 1.95. The second-order valence-electron chi connectivity index (χ2n) is 4.23. The van der Waals surface area contributed by atoms with E-state index >= 15 is 0 Å². The van der Waals surface area contributed by atoms with E-state index in [0.717, 1.165) is 12.1 Å². The Morgan fingerprint density at radius 2 is 1.65 bits per heavy atom. The lowest BCUT2D eigenvalue weighted by Gasteiger charge is -2.19. The van der Waals surface area contributed by atoms with E-state index in [1.165, 1.54) is 30.3 Å². The molecule has 0 spiro atoms. The Balaban J connectivity index is 2.51. The molecule has 0 aromatic heterocycles. The zero-order valence-electron chi connectivity index (χ0n) is 10.1. The first-order valence-corrected chi connectivity index (χ1v) is 6.05. The number of benzene rings is 2. The second kappa shape index (κ2) is 5.42. The molecule has 0 saturated carbocycles. The van der Waals surface area contributed by atoms with Gasteiger partial charge in [-0.3, -0.25) is 0 Å². The number of nitrogens with two attached hydrogens (primary N) is 1. The second-order valence-corrected chi connectivity index (χ2v) is 4.66. The van der Waals surface area contributed by atoms with Crippen LogP contribution in [0.5, 0.6) is 0 Å². The van der Waals surface area contributed by atoms with Crippen LogP contribution in [-0.4, -0.2) is 0 Å². The van der Waals surface area contributed by atoms with Gasteiger partial charge < -0.3 is 5.73 Å². The van der Waals surface area contributed by atoms with Gasteiger partial charge in [-0.1, -0.05) is 35.9 Å². The van der Waals surface area contributed by atoms with Gasteiger partial charge in [0.15, 0.2) is 0 Å². The molecule has 6 heteroatoms. The average Bonchev–Trinajstić information content (AvgIpc) is 2.37. The predicted molar refractivity (Wildman–Crippen MR) is 68.9 cm³/mol. The lowest BCUT2D eigenvalue weighted by molar-refractivity contribution is -0.138. The molecule has 2 rings (SSSR count). The summed E-state index contributed by atoms with van der Waals surface area (Å²) in [4.78, 5) is 0. The summed E-state index contributed by atoms with van der Waals surface area (Å²) in [5.74, 6) is -0.734. The maximum absolute atomic E-state index is 13.8. The summed E-state index contributed by atoms with van der Waals surface area (Å²) in [6, 6.07) is 7.32. The summed E-state index contributed by atoms with van der Waals surface area (Å²) < 4.78 is 52.5.